The molecule has 3 rings (SSSR count). The lowest BCUT2D eigenvalue weighted by Gasteiger charge is -2.38. The second-order valence-electron chi connectivity index (χ2n) is 8.49. The zero-order valence-corrected chi connectivity index (χ0v) is 18.6. The Morgan fingerprint density at radius 1 is 1.21 bits per heavy atom. The molecule has 0 radical (unpaired) electrons. The third-order valence-electron chi connectivity index (χ3n) is 6.08. The molecule has 0 saturated heterocycles. The lowest BCUT2D eigenvalue weighted by molar-refractivity contribution is -0.228. The third kappa shape index (κ3) is 5.49. The standard InChI is InChI=1S/C22H21F7N2OS/c1-12-17(33-19(31-12)14-5-7-20(2,8-6-14)22(27,28)29)18(21(24,25)26)32-11-13-3-4-15(10-30)16(23)9-13/h3-4,9,14,18H,5-8,11H2,1-2H3. The maximum atomic E-state index is 13.8. The van der Waals surface area contributed by atoms with Gasteiger partial charge in [0.15, 0.2) is 6.10 Å². The van der Waals surface area contributed by atoms with Crippen LogP contribution in [0.1, 0.15) is 71.3 Å². The van der Waals surface area contributed by atoms with E-state index in [-0.39, 0.29) is 53.3 Å². The summed E-state index contributed by atoms with van der Waals surface area (Å²) in [7, 11) is 0. The first-order valence-electron chi connectivity index (χ1n) is 10.2. The van der Waals surface area contributed by atoms with E-state index in [4.69, 9.17) is 10.00 Å². The molecule has 1 saturated carbocycles. The Morgan fingerprint density at radius 2 is 1.85 bits per heavy atom. The van der Waals surface area contributed by atoms with Crippen molar-refractivity contribution in [2.45, 2.75) is 70.5 Å². The minimum atomic E-state index is -4.78. The fraction of sp³-hybridized carbons (Fsp3) is 0.545. The molecule has 1 aromatic carbocycles. The zero-order valence-electron chi connectivity index (χ0n) is 17.8. The van der Waals surface area contributed by atoms with Crippen molar-refractivity contribution in [1.29, 1.82) is 5.26 Å². The van der Waals surface area contributed by atoms with Gasteiger partial charge >= 0.3 is 12.4 Å². The average molecular weight is 494 g/mol. The quantitative estimate of drug-likeness (QED) is 0.404. The van der Waals surface area contributed by atoms with Gasteiger partial charge in [0.2, 0.25) is 0 Å². The Balaban J connectivity index is 1.77. The second kappa shape index (κ2) is 9.22. The van der Waals surface area contributed by atoms with Crippen LogP contribution in [0.5, 0.6) is 0 Å². The molecule has 0 spiro atoms. The van der Waals surface area contributed by atoms with Gasteiger partial charge in [-0.3, -0.25) is 0 Å². The summed E-state index contributed by atoms with van der Waals surface area (Å²) in [6.45, 7) is 2.02. The molecular formula is C22H21F7N2OS. The van der Waals surface area contributed by atoms with Crippen molar-refractivity contribution in [3.8, 4) is 6.07 Å². The van der Waals surface area contributed by atoms with Crippen LogP contribution in [0.3, 0.4) is 0 Å². The highest BCUT2D eigenvalue weighted by molar-refractivity contribution is 7.11. The molecule has 2 aromatic rings. The van der Waals surface area contributed by atoms with Gasteiger partial charge in [0.25, 0.3) is 0 Å². The smallest absolute Gasteiger partial charge is 0.358 e. The molecule has 0 N–H and O–H groups in total. The molecule has 1 aliphatic rings. The number of halogens is 7. The minimum Gasteiger partial charge on any atom is -0.358 e. The van der Waals surface area contributed by atoms with Crippen LogP contribution in [0, 0.1) is 29.5 Å². The van der Waals surface area contributed by atoms with Crippen LogP contribution in [0.4, 0.5) is 30.7 Å². The van der Waals surface area contributed by atoms with E-state index >= 15 is 0 Å². The molecule has 1 fully saturated rings. The largest absolute Gasteiger partial charge is 0.419 e. The van der Waals surface area contributed by atoms with Gasteiger partial charge in [0.1, 0.15) is 11.9 Å². The number of hydrogen-bond donors (Lipinski definition) is 0. The summed E-state index contributed by atoms with van der Waals surface area (Å²) in [6, 6.07) is 5.03. The number of alkyl halides is 6. The molecule has 0 aliphatic heterocycles. The fourth-order valence-electron chi connectivity index (χ4n) is 3.87. The molecule has 0 bridgehead atoms. The molecule has 1 aliphatic carbocycles. The lowest BCUT2D eigenvalue weighted by Crippen LogP contribution is -2.38. The van der Waals surface area contributed by atoms with Crippen molar-refractivity contribution < 1.29 is 35.5 Å². The molecule has 33 heavy (non-hydrogen) atoms. The van der Waals surface area contributed by atoms with Crippen molar-refractivity contribution in [2.24, 2.45) is 5.41 Å². The Kier molecular flexibility index (Phi) is 7.10. The second-order valence-corrected chi connectivity index (χ2v) is 9.56. The average Bonchev–Trinajstić information content (AvgIpc) is 3.08. The summed E-state index contributed by atoms with van der Waals surface area (Å²) >= 11 is 0.799. The lowest BCUT2D eigenvalue weighted by atomic mass is 9.71. The van der Waals surface area contributed by atoms with Crippen LogP contribution < -0.4 is 0 Å². The van der Waals surface area contributed by atoms with Crippen molar-refractivity contribution in [2.75, 3.05) is 0 Å². The number of nitrogens with zero attached hydrogens (tertiary/aromatic N) is 2. The summed E-state index contributed by atoms with van der Waals surface area (Å²) < 4.78 is 100.0. The van der Waals surface area contributed by atoms with Crippen LogP contribution >= 0.6 is 11.3 Å². The van der Waals surface area contributed by atoms with Gasteiger partial charge in [-0.1, -0.05) is 13.0 Å². The van der Waals surface area contributed by atoms with Crippen molar-refractivity contribution in [3.05, 3.63) is 50.7 Å². The summed E-state index contributed by atoms with van der Waals surface area (Å²) in [5, 5.41) is 9.13. The first-order valence-corrected chi connectivity index (χ1v) is 11.0. The van der Waals surface area contributed by atoms with E-state index in [2.05, 4.69) is 4.98 Å². The molecule has 11 heteroatoms. The zero-order chi connectivity index (χ0) is 24.6. The van der Waals surface area contributed by atoms with Crippen molar-refractivity contribution >= 4 is 11.3 Å². The number of thiazole rings is 1. The topological polar surface area (TPSA) is 45.9 Å². The normalized spacial score (nSPS) is 22.7. The Hall–Kier alpha value is -2.19. The highest BCUT2D eigenvalue weighted by Crippen LogP contribution is 2.52. The van der Waals surface area contributed by atoms with Crippen LogP contribution in [0.15, 0.2) is 18.2 Å². The highest BCUT2D eigenvalue weighted by Gasteiger charge is 2.52. The van der Waals surface area contributed by atoms with E-state index in [9.17, 15) is 30.7 Å². The Labute approximate surface area is 190 Å². The number of aryl methyl sites for hydroxylation is 1. The number of benzene rings is 1. The van der Waals surface area contributed by atoms with Crippen LogP contribution in [-0.2, 0) is 11.3 Å². The van der Waals surface area contributed by atoms with Gasteiger partial charge in [-0.25, -0.2) is 9.37 Å². The number of hydrogen-bond acceptors (Lipinski definition) is 4. The van der Waals surface area contributed by atoms with E-state index in [0.29, 0.717) is 5.01 Å². The maximum absolute atomic E-state index is 13.8. The number of aromatic nitrogens is 1. The van der Waals surface area contributed by atoms with E-state index in [1.54, 1.807) is 6.07 Å². The van der Waals surface area contributed by atoms with Crippen LogP contribution in [0.2, 0.25) is 0 Å². The first-order chi connectivity index (χ1) is 15.2. The molecule has 1 unspecified atom stereocenters. The first kappa shape index (κ1) is 25.4. The van der Waals surface area contributed by atoms with Crippen molar-refractivity contribution in [1.82, 2.24) is 4.98 Å². The monoisotopic (exact) mass is 494 g/mol. The van der Waals surface area contributed by atoms with E-state index in [0.717, 1.165) is 23.5 Å². The number of rotatable bonds is 5. The minimum absolute atomic E-state index is 0.104. The number of ether oxygens (including phenoxy) is 1. The van der Waals surface area contributed by atoms with Gasteiger partial charge in [0.05, 0.1) is 33.2 Å². The molecule has 1 heterocycles. The SMILES string of the molecule is Cc1nc(C2CCC(C)(C(F)(F)F)CC2)sc1C(OCc1ccc(C#N)c(F)c1)C(F)(F)F. The summed E-state index contributed by atoms with van der Waals surface area (Å²) in [6.07, 6.45) is -11.3. The van der Waals surface area contributed by atoms with E-state index in [1.165, 1.54) is 19.9 Å². The van der Waals surface area contributed by atoms with Gasteiger partial charge in [-0.05, 0) is 50.3 Å². The predicted octanol–water partition coefficient (Wildman–Crippen LogP) is 7.51. The molecule has 1 aromatic heterocycles. The van der Waals surface area contributed by atoms with Gasteiger partial charge < -0.3 is 4.74 Å². The molecule has 1 atom stereocenters. The van der Waals surface area contributed by atoms with Crippen LogP contribution in [0.25, 0.3) is 0 Å². The molecular weight excluding hydrogens is 473 g/mol. The summed E-state index contributed by atoms with van der Waals surface area (Å²) in [5.41, 5.74) is -1.80. The van der Waals surface area contributed by atoms with E-state index in [1.807, 2.05) is 0 Å². The molecule has 0 amide bonds. The van der Waals surface area contributed by atoms with Crippen LogP contribution in [-0.4, -0.2) is 17.3 Å². The van der Waals surface area contributed by atoms with E-state index < -0.39 is 36.3 Å². The molecule has 3 nitrogen and oxygen atoms in total. The Bertz CT molecular complexity index is 1030. The molecule has 180 valence electrons. The third-order valence-corrected chi connectivity index (χ3v) is 7.44. The van der Waals surface area contributed by atoms with Gasteiger partial charge in [-0.15, -0.1) is 11.3 Å². The summed E-state index contributed by atoms with van der Waals surface area (Å²) in [4.78, 5) is 4.06. The number of nitriles is 1. The highest BCUT2D eigenvalue weighted by atomic mass is 32.1. The van der Waals surface area contributed by atoms with Gasteiger partial charge in [-0.2, -0.15) is 31.6 Å². The Morgan fingerprint density at radius 3 is 2.36 bits per heavy atom. The fourth-order valence-corrected chi connectivity index (χ4v) is 5.18. The predicted molar refractivity (Wildman–Crippen MR) is 107 cm³/mol. The maximum Gasteiger partial charge on any atom is 0.419 e. The summed E-state index contributed by atoms with van der Waals surface area (Å²) in [5.74, 6) is -1.21. The van der Waals surface area contributed by atoms with Gasteiger partial charge in [0, 0.05) is 5.92 Å². The van der Waals surface area contributed by atoms with Crippen molar-refractivity contribution in [3.63, 3.8) is 0 Å².